The van der Waals surface area contributed by atoms with Gasteiger partial charge in [-0.3, -0.25) is 4.79 Å². The molecule has 0 aliphatic rings. The van der Waals surface area contributed by atoms with Crippen LogP contribution >= 0.6 is 11.3 Å². The number of carbonyl (C=O) groups is 3. The summed E-state index contributed by atoms with van der Waals surface area (Å²) in [5.41, 5.74) is 3.11. The largest absolute Gasteiger partial charge is 0.464 e. The first kappa shape index (κ1) is 21.6. The van der Waals surface area contributed by atoms with Crippen molar-refractivity contribution in [3.63, 3.8) is 0 Å². The smallest absolute Gasteiger partial charge is 0.348 e. The fourth-order valence-corrected chi connectivity index (χ4v) is 4.22. The number of carbonyl (C=O) groups excluding carboxylic acids is 3. The van der Waals surface area contributed by atoms with E-state index in [1.165, 1.54) is 0 Å². The highest BCUT2D eigenvalue weighted by Crippen LogP contribution is 2.34. The van der Waals surface area contributed by atoms with Crippen LogP contribution in [0.25, 0.3) is 11.0 Å². The lowest BCUT2D eigenvalue weighted by molar-refractivity contribution is -0.115. The quantitative estimate of drug-likeness (QED) is 0.550. The van der Waals surface area contributed by atoms with Gasteiger partial charge in [-0.2, -0.15) is 0 Å². The van der Waals surface area contributed by atoms with E-state index in [2.05, 4.69) is 5.32 Å². The number of ether oxygens (including phenoxy) is 2. The Balaban J connectivity index is 1.88. The van der Waals surface area contributed by atoms with Crippen molar-refractivity contribution < 1.29 is 28.3 Å². The van der Waals surface area contributed by atoms with Crippen LogP contribution in [-0.2, 0) is 20.7 Å². The molecule has 0 saturated carbocycles. The molecule has 0 radical (unpaired) electrons. The van der Waals surface area contributed by atoms with Gasteiger partial charge in [-0.1, -0.05) is 12.1 Å². The first-order valence-electron chi connectivity index (χ1n) is 9.59. The van der Waals surface area contributed by atoms with Crippen LogP contribution in [0.5, 0.6) is 0 Å². The fourth-order valence-electron chi connectivity index (χ4n) is 3.11. The number of fused-ring (bicyclic) bond motifs is 1. The van der Waals surface area contributed by atoms with Gasteiger partial charge in [0.2, 0.25) is 5.91 Å². The highest BCUT2D eigenvalue weighted by molar-refractivity contribution is 7.18. The van der Waals surface area contributed by atoms with Crippen molar-refractivity contribution in [3.05, 3.63) is 51.6 Å². The third-order valence-electron chi connectivity index (χ3n) is 4.50. The topological polar surface area (TPSA) is 94.8 Å². The van der Waals surface area contributed by atoms with Crippen LogP contribution in [0, 0.1) is 13.8 Å². The summed E-state index contributed by atoms with van der Waals surface area (Å²) in [7, 11) is 0. The van der Waals surface area contributed by atoms with Gasteiger partial charge < -0.3 is 19.2 Å². The molecule has 0 fully saturated rings. The van der Waals surface area contributed by atoms with E-state index in [-0.39, 0.29) is 41.0 Å². The second kappa shape index (κ2) is 9.13. The van der Waals surface area contributed by atoms with Crippen molar-refractivity contribution in [3.8, 4) is 0 Å². The predicted octanol–water partition coefficient (Wildman–Crippen LogP) is 4.65. The molecule has 1 N–H and O–H groups in total. The monoisotopic (exact) mass is 429 g/mol. The lowest BCUT2D eigenvalue weighted by Crippen LogP contribution is -2.16. The fraction of sp³-hybridized carbons (Fsp3) is 0.318. The van der Waals surface area contributed by atoms with Gasteiger partial charge in [0.25, 0.3) is 0 Å². The van der Waals surface area contributed by atoms with E-state index in [1.807, 2.05) is 25.1 Å². The number of hydrogen-bond donors (Lipinski definition) is 1. The molecule has 2 heterocycles. The molecule has 3 rings (SSSR count). The number of benzene rings is 1. The normalized spacial score (nSPS) is 10.8. The summed E-state index contributed by atoms with van der Waals surface area (Å²) in [5, 5.41) is 3.88. The number of hydrogen-bond acceptors (Lipinski definition) is 7. The first-order valence-corrected chi connectivity index (χ1v) is 10.4. The van der Waals surface area contributed by atoms with E-state index < -0.39 is 11.9 Å². The Hall–Kier alpha value is -3.13. The summed E-state index contributed by atoms with van der Waals surface area (Å²) in [4.78, 5) is 37.7. The van der Waals surface area contributed by atoms with Crippen molar-refractivity contribution in [1.82, 2.24) is 0 Å². The van der Waals surface area contributed by atoms with Crippen molar-refractivity contribution in [1.29, 1.82) is 0 Å². The molecule has 0 atom stereocenters. The SMILES string of the molecule is CCOC(=O)c1sc(NC(=O)Cc2coc3cc(C)ccc23)c(C(=O)OCC)c1C. The Morgan fingerprint density at radius 2 is 1.77 bits per heavy atom. The second-order valence-corrected chi connectivity index (χ2v) is 7.71. The van der Waals surface area contributed by atoms with Crippen LogP contribution in [0.2, 0.25) is 0 Å². The Kier molecular flexibility index (Phi) is 6.56. The Labute approximate surface area is 178 Å². The number of aryl methyl sites for hydroxylation is 1. The molecule has 1 aromatic carbocycles. The Morgan fingerprint density at radius 1 is 1.07 bits per heavy atom. The van der Waals surface area contributed by atoms with Gasteiger partial charge in [0.1, 0.15) is 15.5 Å². The summed E-state index contributed by atoms with van der Waals surface area (Å²) in [5.74, 6) is -1.47. The molecule has 8 heteroatoms. The lowest BCUT2D eigenvalue weighted by atomic mass is 10.1. The van der Waals surface area contributed by atoms with Gasteiger partial charge >= 0.3 is 11.9 Å². The second-order valence-electron chi connectivity index (χ2n) is 6.69. The zero-order chi connectivity index (χ0) is 21.8. The van der Waals surface area contributed by atoms with E-state index in [4.69, 9.17) is 13.9 Å². The third-order valence-corrected chi connectivity index (χ3v) is 5.69. The molecule has 7 nitrogen and oxygen atoms in total. The van der Waals surface area contributed by atoms with Gasteiger partial charge in [-0.25, -0.2) is 9.59 Å². The van der Waals surface area contributed by atoms with Crippen LogP contribution in [0.3, 0.4) is 0 Å². The van der Waals surface area contributed by atoms with Crippen molar-refractivity contribution in [2.75, 3.05) is 18.5 Å². The van der Waals surface area contributed by atoms with Gasteiger partial charge in [-0.05, 0) is 44.9 Å². The number of rotatable bonds is 7. The van der Waals surface area contributed by atoms with Gasteiger partial charge in [0.05, 0.1) is 31.5 Å². The number of amides is 1. The van der Waals surface area contributed by atoms with Crippen molar-refractivity contribution in [2.45, 2.75) is 34.1 Å². The van der Waals surface area contributed by atoms with E-state index >= 15 is 0 Å². The molecule has 0 saturated heterocycles. The van der Waals surface area contributed by atoms with Crippen LogP contribution in [0.4, 0.5) is 5.00 Å². The van der Waals surface area contributed by atoms with E-state index in [0.29, 0.717) is 11.1 Å². The molecule has 158 valence electrons. The molecule has 2 aromatic heterocycles. The van der Waals surface area contributed by atoms with Crippen molar-refractivity contribution in [2.24, 2.45) is 0 Å². The summed E-state index contributed by atoms with van der Waals surface area (Å²) in [6.45, 7) is 7.38. The molecule has 0 aliphatic heterocycles. The van der Waals surface area contributed by atoms with Gasteiger partial charge in [-0.15, -0.1) is 11.3 Å². The van der Waals surface area contributed by atoms with Crippen LogP contribution < -0.4 is 5.32 Å². The third kappa shape index (κ3) is 4.38. The van der Waals surface area contributed by atoms with Gasteiger partial charge in [0.15, 0.2) is 0 Å². The Bertz CT molecular complexity index is 1110. The minimum absolute atomic E-state index is 0.0595. The number of nitrogens with one attached hydrogen (secondary N) is 1. The van der Waals surface area contributed by atoms with E-state index in [0.717, 1.165) is 27.8 Å². The number of furan rings is 1. The van der Waals surface area contributed by atoms with Crippen LogP contribution in [-0.4, -0.2) is 31.1 Å². The highest BCUT2D eigenvalue weighted by Gasteiger charge is 2.27. The standard InChI is InChI=1S/C22H23NO6S/c1-5-27-21(25)18-13(4)19(22(26)28-6-2)30-20(18)23-17(24)10-14-11-29-16-9-12(3)7-8-15(14)16/h7-9,11H,5-6,10H2,1-4H3,(H,23,24). The number of thiophene rings is 1. The highest BCUT2D eigenvalue weighted by atomic mass is 32.1. The molecular formula is C22H23NO6S. The molecule has 1 amide bonds. The molecule has 30 heavy (non-hydrogen) atoms. The van der Waals surface area contributed by atoms with E-state index in [9.17, 15) is 14.4 Å². The minimum Gasteiger partial charge on any atom is -0.464 e. The maximum absolute atomic E-state index is 12.7. The maximum atomic E-state index is 12.7. The maximum Gasteiger partial charge on any atom is 0.348 e. The van der Waals surface area contributed by atoms with Gasteiger partial charge in [0, 0.05) is 10.9 Å². The Morgan fingerprint density at radius 3 is 2.47 bits per heavy atom. The molecule has 0 bridgehead atoms. The number of esters is 2. The molecule has 0 unspecified atom stereocenters. The average Bonchev–Trinajstić information content (AvgIpc) is 3.22. The lowest BCUT2D eigenvalue weighted by Gasteiger charge is -2.07. The van der Waals surface area contributed by atoms with Crippen molar-refractivity contribution >= 4 is 45.2 Å². The molecule has 0 aliphatic carbocycles. The molecule has 3 aromatic rings. The zero-order valence-electron chi connectivity index (χ0n) is 17.3. The summed E-state index contributed by atoms with van der Waals surface area (Å²) in [6.07, 6.45) is 1.61. The summed E-state index contributed by atoms with van der Waals surface area (Å²) in [6, 6.07) is 5.77. The summed E-state index contributed by atoms with van der Waals surface area (Å²) >= 11 is 1.00. The molecular weight excluding hydrogens is 406 g/mol. The molecule has 0 spiro atoms. The average molecular weight is 429 g/mol. The predicted molar refractivity (Wildman–Crippen MR) is 114 cm³/mol. The summed E-state index contributed by atoms with van der Waals surface area (Å²) < 4.78 is 15.7. The minimum atomic E-state index is -0.596. The first-order chi connectivity index (χ1) is 14.3. The van der Waals surface area contributed by atoms with Crippen LogP contribution in [0.1, 0.15) is 50.6 Å². The zero-order valence-corrected chi connectivity index (χ0v) is 18.1. The van der Waals surface area contributed by atoms with Crippen LogP contribution in [0.15, 0.2) is 28.9 Å². The number of anilines is 1. The van der Waals surface area contributed by atoms with E-state index in [1.54, 1.807) is 27.0 Å².